The molecule has 3 aromatic rings. The van der Waals surface area contributed by atoms with Crippen LogP contribution in [0.15, 0.2) is 59.5 Å². The van der Waals surface area contributed by atoms with Gasteiger partial charge in [0.15, 0.2) is 0 Å². The number of hydrogen-bond donors (Lipinski definition) is 1. The maximum Gasteiger partial charge on any atom is 0.257 e. The van der Waals surface area contributed by atoms with Gasteiger partial charge in [0.1, 0.15) is 5.01 Å². The van der Waals surface area contributed by atoms with Gasteiger partial charge >= 0.3 is 0 Å². The van der Waals surface area contributed by atoms with Crippen LogP contribution in [0.2, 0.25) is 0 Å². The lowest BCUT2D eigenvalue weighted by atomic mass is 9.94. The van der Waals surface area contributed by atoms with E-state index in [-0.39, 0.29) is 10.8 Å². The molecule has 0 unspecified atom stereocenters. The monoisotopic (exact) mass is 470 g/mol. The van der Waals surface area contributed by atoms with Crippen molar-refractivity contribution < 1.29 is 13.2 Å². The predicted molar refractivity (Wildman–Crippen MR) is 125 cm³/mol. The number of carbonyl (C=O) groups is 1. The van der Waals surface area contributed by atoms with Crippen molar-refractivity contribution in [2.75, 3.05) is 18.4 Å². The Balaban J connectivity index is 1.41. The Morgan fingerprint density at radius 1 is 1.03 bits per heavy atom. The number of anilines is 1. The summed E-state index contributed by atoms with van der Waals surface area (Å²) in [7, 11) is -3.57. The van der Waals surface area contributed by atoms with Crippen LogP contribution in [0.1, 0.15) is 41.2 Å². The summed E-state index contributed by atoms with van der Waals surface area (Å²) in [5.74, 6) is 0.311. The quantitative estimate of drug-likeness (QED) is 0.587. The molecule has 2 aromatic carbocycles. The van der Waals surface area contributed by atoms with E-state index in [2.05, 4.69) is 29.4 Å². The van der Waals surface area contributed by atoms with Gasteiger partial charge in [0.05, 0.1) is 4.90 Å². The SMILES string of the molecule is C[C@H]1C[C@H](C)CN(S(=O)(=O)c2ccc(C(=O)Nc3nnc(Cc4ccccc4)s3)cc2)C1. The number of nitrogens with zero attached hydrogens (tertiary/aromatic N) is 3. The van der Waals surface area contributed by atoms with Crippen LogP contribution in [0.5, 0.6) is 0 Å². The molecule has 1 N–H and O–H groups in total. The first-order valence-corrected chi connectivity index (χ1v) is 12.8. The summed E-state index contributed by atoms with van der Waals surface area (Å²) in [5, 5.41) is 12.1. The molecule has 1 aliphatic heterocycles. The van der Waals surface area contributed by atoms with Crippen molar-refractivity contribution in [2.24, 2.45) is 11.8 Å². The molecule has 4 rings (SSSR count). The van der Waals surface area contributed by atoms with Crippen LogP contribution < -0.4 is 5.32 Å². The van der Waals surface area contributed by atoms with Gasteiger partial charge in [-0.05, 0) is 48.1 Å². The summed E-state index contributed by atoms with van der Waals surface area (Å²) in [6.45, 7) is 5.20. The Morgan fingerprint density at radius 3 is 2.34 bits per heavy atom. The smallest absolute Gasteiger partial charge is 0.257 e. The molecule has 0 spiro atoms. The summed E-state index contributed by atoms with van der Waals surface area (Å²) in [5.41, 5.74) is 1.49. The van der Waals surface area contributed by atoms with E-state index in [0.29, 0.717) is 42.0 Å². The third-order valence-corrected chi connectivity index (χ3v) is 8.16. The second kappa shape index (κ2) is 9.48. The Hall–Kier alpha value is -2.62. The third-order valence-electron chi connectivity index (χ3n) is 5.48. The average Bonchev–Trinajstić information content (AvgIpc) is 3.20. The van der Waals surface area contributed by atoms with Crippen molar-refractivity contribution in [2.45, 2.75) is 31.6 Å². The number of benzene rings is 2. The van der Waals surface area contributed by atoms with Crippen LogP contribution in [0.25, 0.3) is 0 Å². The average molecular weight is 471 g/mol. The molecule has 1 aliphatic rings. The fourth-order valence-corrected chi connectivity index (χ4v) is 6.49. The highest BCUT2D eigenvalue weighted by Crippen LogP contribution is 2.27. The summed E-state index contributed by atoms with van der Waals surface area (Å²) in [6.07, 6.45) is 1.68. The molecule has 1 amide bonds. The number of hydrogen-bond acceptors (Lipinski definition) is 6. The van der Waals surface area contributed by atoms with E-state index in [0.717, 1.165) is 17.0 Å². The van der Waals surface area contributed by atoms with E-state index in [1.54, 1.807) is 4.31 Å². The van der Waals surface area contributed by atoms with Crippen molar-refractivity contribution in [3.63, 3.8) is 0 Å². The highest BCUT2D eigenvalue weighted by molar-refractivity contribution is 7.89. The maximum atomic E-state index is 13.0. The van der Waals surface area contributed by atoms with Gasteiger partial charge in [-0.3, -0.25) is 10.1 Å². The van der Waals surface area contributed by atoms with Gasteiger partial charge in [-0.2, -0.15) is 4.31 Å². The minimum atomic E-state index is -3.57. The van der Waals surface area contributed by atoms with Gasteiger partial charge in [-0.15, -0.1) is 10.2 Å². The summed E-state index contributed by atoms with van der Waals surface area (Å²) >= 11 is 1.32. The fraction of sp³-hybridized carbons (Fsp3) is 0.348. The number of piperidine rings is 1. The highest BCUT2D eigenvalue weighted by Gasteiger charge is 2.31. The number of aromatic nitrogens is 2. The first kappa shape index (κ1) is 22.6. The molecule has 1 saturated heterocycles. The molecule has 7 nitrogen and oxygen atoms in total. The van der Waals surface area contributed by atoms with Crippen molar-refractivity contribution in [3.05, 3.63) is 70.7 Å². The van der Waals surface area contributed by atoms with E-state index in [9.17, 15) is 13.2 Å². The summed E-state index contributed by atoms with van der Waals surface area (Å²) in [6, 6.07) is 16.0. The number of amides is 1. The molecule has 9 heteroatoms. The van der Waals surface area contributed by atoms with E-state index >= 15 is 0 Å². The topological polar surface area (TPSA) is 92.3 Å². The summed E-state index contributed by atoms with van der Waals surface area (Å²) < 4.78 is 27.6. The van der Waals surface area contributed by atoms with Crippen LogP contribution in [0.4, 0.5) is 5.13 Å². The zero-order valence-corrected chi connectivity index (χ0v) is 19.7. The molecule has 0 bridgehead atoms. The largest absolute Gasteiger partial charge is 0.296 e. The van der Waals surface area contributed by atoms with E-state index in [1.807, 2.05) is 30.3 Å². The van der Waals surface area contributed by atoms with Gasteiger partial charge in [0.2, 0.25) is 15.2 Å². The van der Waals surface area contributed by atoms with Crippen molar-refractivity contribution >= 4 is 32.4 Å². The Labute approximate surface area is 192 Å². The maximum absolute atomic E-state index is 13.0. The van der Waals surface area contributed by atoms with E-state index in [1.165, 1.54) is 35.6 Å². The third kappa shape index (κ3) is 5.23. The van der Waals surface area contributed by atoms with Gasteiger partial charge < -0.3 is 0 Å². The number of carbonyl (C=O) groups excluding carboxylic acids is 1. The molecule has 32 heavy (non-hydrogen) atoms. The zero-order valence-electron chi connectivity index (χ0n) is 18.1. The van der Waals surface area contributed by atoms with Gasteiger partial charge in [-0.25, -0.2) is 8.42 Å². The molecular formula is C23H26N4O3S2. The molecule has 2 heterocycles. The number of rotatable bonds is 6. The second-order valence-electron chi connectivity index (χ2n) is 8.41. The van der Waals surface area contributed by atoms with E-state index < -0.39 is 10.0 Å². The van der Waals surface area contributed by atoms with Crippen LogP contribution in [-0.2, 0) is 16.4 Å². The first-order valence-electron chi connectivity index (χ1n) is 10.6. The minimum Gasteiger partial charge on any atom is -0.296 e. The normalized spacial score (nSPS) is 19.6. The van der Waals surface area contributed by atoms with Crippen molar-refractivity contribution in [3.8, 4) is 0 Å². The Morgan fingerprint density at radius 2 is 1.69 bits per heavy atom. The van der Waals surface area contributed by atoms with Crippen LogP contribution in [0, 0.1) is 11.8 Å². The zero-order chi connectivity index (χ0) is 22.7. The Bertz CT molecular complexity index is 1170. The second-order valence-corrected chi connectivity index (χ2v) is 11.4. The molecule has 0 saturated carbocycles. The Kier molecular flexibility index (Phi) is 6.68. The number of sulfonamides is 1. The first-order chi connectivity index (χ1) is 15.3. The standard InChI is InChI=1S/C23H26N4O3S2/c1-16-12-17(2)15-27(14-16)32(29,30)20-10-8-19(9-11-20)22(28)24-23-26-25-21(31-23)13-18-6-4-3-5-7-18/h3-11,16-17H,12-15H2,1-2H3,(H,24,26,28)/t16-,17-/m0/s1. The molecule has 1 aromatic heterocycles. The van der Waals surface area contributed by atoms with Crippen LogP contribution in [-0.4, -0.2) is 41.9 Å². The van der Waals surface area contributed by atoms with Crippen molar-refractivity contribution in [1.82, 2.24) is 14.5 Å². The van der Waals surface area contributed by atoms with Crippen molar-refractivity contribution in [1.29, 1.82) is 0 Å². The summed E-state index contributed by atoms with van der Waals surface area (Å²) in [4.78, 5) is 12.8. The molecule has 0 aliphatic carbocycles. The van der Waals surface area contributed by atoms with E-state index in [4.69, 9.17) is 0 Å². The fourth-order valence-electron chi connectivity index (χ4n) is 4.04. The lowest BCUT2D eigenvalue weighted by Crippen LogP contribution is -2.42. The van der Waals surface area contributed by atoms with Gasteiger partial charge in [0.25, 0.3) is 5.91 Å². The van der Waals surface area contributed by atoms with Gasteiger partial charge in [0, 0.05) is 25.1 Å². The number of nitrogens with one attached hydrogen (secondary N) is 1. The van der Waals surface area contributed by atoms with Crippen LogP contribution >= 0.6 is 11.3 Å². The molecule has 0 radical (unpaired) electrons. The molecule has 168 valence electrons. The highest BCUT2D eigenvalue weighted by atomic mass is 32.2. The lowest BCUT2D eigenvalue weighted by Gasteiger charge is -2.34. The predicted octanol–water partition coefficient (Wildman–Crippen LogP) is 4.05. The lowest BCUT2D eigenvalue weighted by molar-refractivity contribution is 0.102. The molecule has 2 atom stereocenters. The minimum absolute atomic E-state index is 0.205. The van der Waals surface area contributed by atoms with Gasteiger partial charge in [-0.1, -0.05) is 55.5 Å². The molecule has 1 fully saturated rings. The molecular weight excluding hydrogens is 444 g/mol. The van der Waals surface area contributed by atoms with Crippen LogP contribution in [0.3, 0.4) is 0 Å².